The number of aliphatic hydroxyl groups excluding tert-OH is 1. The van der Waals surface area contributed by atoms with Gasteiger partial charge in [-0.25, -0.2) is 0 Å². The number of nitrogens with one attached hydrogen (secondary N) is 2. The number of nitrogens with zero attached hydrogens (tertiary/aromatic N) is 2. The van der Waals surface area contributed by atoms with Crippen molar-refractivity contribution in [3.05, 3.63) is 0 Å². The molecule has 0 bridgehead atoms. The largest absolute Gasteiger partial charge is 0.396 e. The van der Waals surface area contributed by atoms with Gasteiger partial charge in [0, 0.05) is 58.5 Å². The van der Waals surface area contributed by atoms with E-state index in [9.17, 15) is 5.11 Å². The zero-order chi connectivity index (χ0) is 17.3. The molecule has 7 heteroatoms. The number of guanidine groups is 1. The average Bonchev–Trinajstić information content (AvgIpc) is 3.23. The van der Waals surface area contributed by atoms with Crippen molar-refractivity contribution in [1.82, 2.24) is 15.5 Å². The molecule has 24 heavy (non-hydrogen) atoms. The molecule has 2 heterocycles. The first-order chi connectivity index (χ1) is 11.7. The van der Waals surface area contributed by atoms with Crippen LogP contribution in [0.5, 0.6) is 0 Å². The second-order valence-corrected chi connectivity index (χ2v) is 6.91. The Labute approximate surface area is 145 Å². The Morgan fingerprint density at radius 1 is 1.46 bits per heavy atom. The lowest BCUT2D eigenvalue weighted by Gasteiger charge is -2.29. The predicted molar refractivity (Wildman–Crippen MR) is 95.4 cm³/mol. The van der Waals surface area contributed by atoms with E-state index < -0.39 is 0 Å². The van der Waals surface area contributed by atoms with Crippen LogP contribution in [0.25, 0.3) is 0 Å². The molecule has 3 N–H and O–H groups in total. The molecule has 2 saturated heterocycles. The second-order valence-electron chi connectivity index (χ2n) is 6.91. The fourth-order valence-electron chi connectivity index (χ4n) is 3.65. The minimum absolute atomic E-state index is 0.0320. The SMILES string of the molecule is CN=C(NCC1CCCN1CCOC)NCC1(CCO)CCOC1. The molecule has 0 saturated carbocycles. The van der Waals surface area contributed by atoms with Crippen LogP contribution in [-0.4, -0.2) is 88.8 Å². The van der Waals surface area contributed by atoms with Crippen molar-refractivity contribution in [1.29, 1.82) is 0 Å². The average molecular weight is 342 g/mol. The summed E-state index contributed by atoms with van der Waals surface area (Å²) in [5.74, 6) is 0.831. The number of aliphatic hydroxyl groups is 1. The molecule has 2 atom stereocenters. The summed E-state index contributed by atoms with van der Waals surface area (Å²) in [4.78, 5) is 6.82. The molecule has 0 aromatic rings. The van der Waals surface area contributed by atoms with E-state index in [4.69, 9.17) is 9.47 Å². The molecule has 2 unspecified atom stereocenters. The fraction of sp³-hybridized carbons (Fsp3) is 0.941. The predicted octanol–water partition coefficient (Wildman–Crippen LogP) is 0.0513. The number of hydrogen-bond acceptors (Lipinski definition) is 5. The van der Waals surface area contributed by atoms with E-state index in [0.29, 0.717) is 12.6 Å². The van der Waals surface area contributed by atoms with Crippen LogP contribution in [0.15, 0.2) is 4.99 Å². The first-order valence-electron chi connectivity index (χ1n) is 9.09. The van der Waals surface area contributed by atoms with Crippen LogP contribution in [0, 0.1) is 5.41 Å². The molecule has 0 aromatic heterocycles. The minimum atomic E-state index is 0.0320. The lowest BCUT2D eigenvalue weighted by atomic mass is 9.84. The maximum Gasteiger partial charge on any atom is 0.191 e. The van der Waals surface area contributed by atoms with Gasteiger partial charge in [0.15, 0.2) is 5.96 Å². The number of aliphatic imine (C=N–C) groups is 1. The summed E-state index contributed by atoms with van der Waals surface area (Å²) >= 11 is 0. The molecule has 2 rings (SSSR count). The number of methoxy groups -OCH3 is 1. The van der Waals surface area contributed by atoms with E-state index in [2.05, 4.69) is 20.5 Å². The summed E-state index contributed by atoms with van der Waals surface area (Å²) in [7, 11) is 3.56. The van der Waals surface area contributed by atoms with Crippen molar-refractivity contribution in [3.63, 3.8) is 0 Å². The van der Waals surface area contributed by atoms with Crippen molar-refractivity contribution < 1.29 is 14.6 Å². The van der Waals surface area contributed by atoms with Crippen molar-refractivity contribution in [2.75, 3.05) is 66.8 Å². The molecule has 2 aliphatic rings. The van der Waals surface area contributed by atoms with Gasteiger partial charge in [-0.3, -0.25) is 9.89 Å². The van der Waals surface area contributed by atoms with E-state index in [-0.39, 0.29) is 12.0 Å². The van der Waals surface area contributed by atoms with Gasteiger partial charge in [-0.15, -0.1) is 0 Å². The van der Waals surface area contributed by atoms with Gasteiger partial charge in [0.2, 0.25) is 0 Å². The Kier molecular flexibility index (Phi) is 8.24. The van der Waals surface area contributed by atoms with Crippen LogP contribution in [0.3, 0.4) is 0 Å². The van der Waals surface area contributed by atoms with E-state index in [1.54, 1.807) is 14.2 Å². The van der Waals surface area contributed by atoms with Gasteiger partial charge in [-0.1, -0.05) is 0 Å². The lowest BCUT2D eigenvalue weighted by Crippen LogP contribution is -2.48. The summed E-state index contributed by atoms with van der Waals surface area (Å²) in [5, 5.41) is 16.2. The standard InChI is InChI=1S/C17H34N4O3/c1-18-16(20-13-17(5-9-22)6-10-24-14-17)19-12-15-4-3-7-21(15)8-11-23-2/h15,22H,3-14H2,1-2H3,(H2,18,19,20). The first-order valence-corrected chi connectivity index (χ1v) is 9.09. The molecule has 140 valence electrons. The van der Waals surface area contributed by atoms with Crippen LogP contribution < -0.4 is 10.6 Å². The Hall–Kier alpha value is -0.890. The van der Waals surface area contributed by atoms with Crippen molar-refractivity contribution in [2.24, 2.45) is 10.4 Å². The summed E-state index contributed by atoms with van der Waals surface area (Å²) in [6, 6.07) is 0.542. The van der Waals surface area contributed by atoms with Gasteiger partial charge in [-0.2, -0.15) is 0 Å². The van der Waals surface area contributed by atoms with Gasteiger partial charge in [0.1, 0.15) is 0 Å². The molecule has 2 aliphatic heterocycles. The molecule has 0 amide bonds. The highest BCUT2D eigenvalue weighted by atomic mass is 16.5. The highest BCUT2D eigenvalue weighted by Crippen LogP contribution is 2.31. The lowest BCUT2D eigenvalue weighted by molar-refractivity contribution is 0.127. The summed E-state index contributed by atoms with van der Waals surface area (Å²) < 4.78 is 10.7. The normalized spacial score (nSPS) is 28.5. The highest BCUT2D eigenvalue weighted by molar-refractivity contribution is 5.79. The summed E-state index contributed by atoms with van der Waals surface area (Å²) in [6.07, 6.45) is 4.23. The topological polar surface area (TPSA) is 78.4 Å². The van der Waals surface area contributed by atoms with Crippen LogP contribution in [-0.2, 0) is 9.47 Å². The molecule has 7 nitrogen and oxygen atoms in total. The molecule has 0 radical (unpaired) electrons. The van der Waals surface area contributed by atoms with Crippen LogP contribution in [0.4, 0.5) is 0 Å². The highest BCUT2D eigenvalue weighted by Gasteiger charge is 2.34. The van der Waals surface area contributed by atoms with Gasteiger partial charge in [0.05, 0.1) is 13.2 Å². The fourth-order valence-corrected chi connectivity index (χ4v) is 3.65. The zero-order valence-electron chi connectivity index (χ0n) is 15.2. The van der Waals surface area contributed by atoms with Gasteiger partial charge < -0.3 is 25.2 Å². The quantitative estimate of drug-likeness (QED) is 0.406. The zero-order valence-corrected chi connectivity index (χ0v) is 15.2. The van der Waals surface area contributed by atoms with Crippen molar-refractivity contribution in [2.45, 2.75) is 31.7 Å². The maximum absolute atomic E-state index is 9.32. The van der Waals surface area contributed by atoms with E-state index in [1.807, 2.05) is 0 Å². The Morgan fingerprint density at radius 2 is 2.33 bits per heavy atom. The summed E-state index contributed by atoms with van der Waals surface area (Å²) in [5.41, 5.74) is 0.0320. The maximum atomic E-state index is 9.32. The molecule has 0 spiro atoms. The third-order valence-corrected chi connectivity index (χ3v) is 5.27. The number of ether oxygens (including phenoxy) is 2. The first kappa shape index (κ1) is 19.4. The Bertz CT molecular complexity index is 386. The molecular weight excluding hydrogens is 308 g/mol. The molecular formula is C17H34N4O3. The smallest absolute Gasteiger partial charge is 0.191 e. The third kappa shape index (κ3) is 5.58. The van der Waals surface area contributed by atoms with Crippen LogP contribution in [0.1, 0.15) is 25.7 Å². The molecule has 0 aromatic carbocycles. The monoisotopic (exact) mass is 342 g/mol. The van der Waals surface area contributed by atoms with Gasteiger partial charge in [-0.05, 0) is 32.2 Å². The third-order valence-electron chi connectivity index (χ3n) is 5.27. The van der Waals surface area contributed by atoms with E-state index >= 15 is 0 Å². The summed E-state index contributed by atoms with van der Waals surface area (Å²) in [6.45, 7) is 6.30. The van der Waals surface area contributed by atoms with Gasteiger partial charge >= 0.3 is 0 Å². The van der Waals surface area contributed by atoms with E-state index in [0.717, 1.165) is 58.2 Å². The van der Waals surface area contributed by atoms with Crippen molar-refractivity contribution >= 4 is 5.96 Å². The van der Waals surface area contributed by atoms with E-state index in [1.165, 1.54) is 12.8 Å². The van der Waals surface area contributed by atoms with Crippen molar-refractivity contribution in [3.8, 4) is 0 Å². The number of likely N-dealkylation sites (tertiary alicyclic amines) is 1. The number of hydrogen-bond donors (Lipinski definition) is 3. The minimum Gasteiger partial charge on any atom is -0.396 e. The Morgan fingerprint density at radius 3 is 3.00 bits per heavy atom. The van der Waals surface area contributed by atoms with Gasteiger partial charge in [0.25, 0.3) is 0 Å². The van der Waals surface area contributed by atoms with Crippen LogP contribution in [0.2, 0.25) is 0 Å². The second kappa shape index (κ2) is 10.2. The van der Waals surface area contributed by atoms with Crippen LogP contribution >= 0.6 is 0 Å². The number of rotatable bonds is 9. The molecule has 2 fully saturated rings. The Balaban J connectivity index is 1.75. The molecule has 0 aliphatic carbocycles.